The van der Waals surface area contributed by atoms with Gasteiger partial charge in [-0.25, -0.2) is 4.68 Å². The van der Waals surface area contributed by atoms with Crippen LogP contribution in [0.2, 0.25) is 0 Å². The SMILES string of the molecule is O=C(Cl)Cc1cn(-c2cccc(C(F)(F)F)c2)nc1-c1ccc2c(ccc3ccccc32)c1. The van der Waals surface area contributed by atoms with Crippen LogP contribution in [0.4, 0.5) is 13.2 Å². The van der Waals surface area contributed by atoms with E-state index in [-0.39, 0.29) is 12.1 Å². The van der Waals surface area contributed by atoms with Gasteiger partial charge >= 0.3 is 6.18 Å². The third-order valence-electron chi connectivity index (χ3n) is 5.58. The van der Waals surface area contributed by atoms with Gasteiger partial charge in [-0.3, -0.25) is 4.79 Å². The zero-order valence-electron chi connectivity index (χ0n) is 17.1. The van der Waals surface area contributed by atoms with E-state index in [1.807, 2.05) is 48.5 Å². The second-order valence-electron chi connectivity index (χ2n) is 7.75. The molecule has 0 amide bonds. The van der Waals surface area contributed by atoms with Crippen LogP contribution in [0.3, 0.4) is 0 Å². The highest BCUT2D eigenvalue weighted by Crippen LogP contribution is 2.33. The maximum Gasteiger partial charge on any atom is 0.416 e. The first-order valence-electron chi connectivity index (χ1n) is 10.2. The summed E-state index contributed by atoms with van der Waals surface area (Å²) in [4.78, 5) is 11.7. The van der Waals surface area contributed by atoms with Crippen molar-refractivity contribution in [3.8, 4) is 16.9 Å². The van der Waals surface area contributed by atoms with E-state index in [0.717, 1.165) is 39.2 Å². The van der Waals surface area contributed by atoms with E-state index in [0.29, 0.717) is 11.3 Å². The molecule has 164 valence electrons. The van der Waals surface area contributed by atoms with Gasteiger partial charge in [0.25, 0.3) is 0 Å². The van der Waals surface area contributed by atoms with E-state index in [2.05, 4.69) is 11.2 Å². The molecular weight excluding hydrogens is 449 g/mol. The smallest absolute Gasteiger partial charge is 0.281 e. The highest BCUT2D eigenvalue weighted by atomic mass is 35.5. The third kappa shape index (κ3) is 4.10. The van der Waals surface area contributed by atoms with Crippen LogP contribution < -0.4 is 0 Å². The van der Waals surface area contributed by atoms with Crippen LogP contribution in [0.15, 0.2) is 85.1 Å². The number of carbonyl (C=O) groups is 1. The van der Waals surface area contributed by atoms with Crippen molar-refractivity contribution in [3.63, 3.8) is 0 Å². The maximum atomic E-state index is 13.2. The lowest BCUT2D eigenvalue weighted by Gasteiger charge is -2.08. The zero-order chi connectivity index (χ0) is 23.2. The van der Waals surface area contributed by atoms with Crippen LogP contribution in [0.5, 0.6) is 0 Å². The highest BCUT2D eigenvalue weighted by Gasteiger charge is 2.30. The van der Waals surface area contributed by atoms with Crippen molar-refractivity contribution in [1.29, 1.82) is 0 Å². The Balaban J connectivity index is 1.64. The summed E-state index contributed by atoms with van der Waals surface area (Å²) >= 11 is 5.65. The number of alkyl halides is 3. The molecule has 0 radical (unpaired) electrons. The number of fused-ring (bicyclic) bond motifs is 3. The average Bonchev–Trinajstić information content (AvgIpc) is 3.21. The molecule has 33 heavy (non-hydrogen) atoms. The van der Waals surface area contributed by atoms with Gasteiger partial charge in [0.05, 0.1) is 23.4 Å². The van der Waals surface area contributed by atoms with Gasteiger partial charge in [0.15, 0.2) is 0 Å². The van der Waals surface area contributed by atoms with Crippen molar-refractivity contribution in [2.75, 3.05) is 0 Å². The van der Waals surface area contributed by atoms with Gasteiger partial charge < -0.3 is 0 Å². The summed E-state index contributed by atoms with van der Waals surface area (Å²) in [7, 11) is 0. The van der Waals surface area contributed by atoms with E-state index in [9.17, 15) is 18.0 Å². The summed E-state index contributed by atoms with van der Waals surface area (Å²) in [5.74, 6) is 0. The quantitative estimate of drug-likeness (QED) is 0.209. The Morgan fingerprint density at radius 1 is 0.879 bits per heavy atom. The monoisotopic (exact) mass is 464 g/mol. The molecule has 5 rings (SSSR count). The fraction of sp³-hybridized carbons (Fsp3) is 0.0769. The van der Waals surface area contributed by atoms with Gasteiger partial charge in [0.2, 0.25) is 5.24 Å². The highest BCUT2D eigenvalue weighted by molar-refractivity contribution is 6.63. The first-order chi connectivity index (χ1) is 15.8. The molecule has 0 aliphatic carbocycles. The van der Waals surface area contributed by atoms with E-state index in [1.54, 1.807) is 6.20 Å². The molecule has 4 aromatic carbocycles. The molecular formula is C26H16ClF3N2O. The number of halogens is 4. The predicted molar refractivity (Wildman–Crippen MR) is 124 cm³/mol. The van der Waals surface area contributed by atoms with Crippen molar-refractivity contribution in [1.82, 2.24) is 9.78 Å². The Morgan fingerprint density at radius 2 is 1.64 bits per heavy atom. The summed E-state index contributed by atoms with van der Waals surface area (Å²) in [5, 5.41) is 8.26. The molecule has 0 aliphatic rings. The standard InChI is InChI=1S/C26H16ClF3N2O/c27-24(33)13-19-15-32(21-6-3-5-20(14-21)26(28,29)30)31-25(19)18-10-11-23-17(12-18)9-8-16-4-1-2-7-22(16)23/h1-12,14-15H,13H2. The van der Waals surface area contributed by atoms with Crippen molar-refractivity contribution in [3.05, 3.63) is 96.2 Å². The summed E-state index contributed by atoms with van der Waals surface area (Å²) in [5.41, 5.74) is 1.25. The molecule has 0 unspecified atom stereocenters. The lowest BCUT2D eigenvalue weighted by Crippen LogP contribution is -2.06. The number of aromatic nitrogens is 2. The zero-order valence-corrected chi connectivity index (χ0v) is 17.9. The van der Waals surface area contributed by atoms with Crippen molar-refractivity contribution in [2.24, 2.45) is 0 Å². The summed E-state index contributed by atoms with van der Waals surface area (Å²) in [6.45, 7) is 0. The number of hydrogen-bond donors (Lipinski definition) is 0. The third-order valence-corrected chi connectivity index (χ3v) is 5.71. The minimum Gasteiger partial charge on any atom is -0.281 e. The molecule has 0 fully saturated rings. The number of nitrogens with zero attached hydrogens (tertiary/aromatic N) is 2. The van der Waals surface area contributed by atoms with Crippen LogP contribution in [-0.2, 0) is 17.4 Å². The molecule has 3 nitrogen and oxygen atoms in total. The first-order valence-corrected chi connectivity index (χ1v) is 10.5. The number of rotatable bonds is 4. The molecule has 0 N–H and O–H groups in total. The predicted octanol–water partition coefficient (Wildman–Crippen LogP) is 7.17. The van der Waals surface area contributed by atoms with Gasteiger partial charge in [0.1, 0.15) is 0 Å². The second-order valence-corrected chi connectivity index (χ2v) is 8.17. The minimum absolute atomic E-state index is 0.0917. The number of carbonyl (C=O) groups excluding carboxylic acids is 1. The topological polar surface area (TPSA) is 34.9 Å². The van der Waals surface area contributed by atoms with Crippen LogP contribution in [-0.4, -0.2) is 15.0 Å². The largest absolute Gasteiger partial charge is 0.416 e. The fourth-order valence-electron chi connectivity index (χ4n) is 4.05. The Kier molecular flexibility index (Phi) is 5.17. The Morgan fingerprint density at radius 3 is 2.42 bits per heavy atom. The van der Waals surface area contributed by atoms with Gasteiger partial charge in [0, 0.05) is 17.3 Å². The first kappa shape index (κ1) is 21.2. The summed E-state index contributed by atoms with van der Waals surface area (Å²) in [6, 6.07) is 22.8. The van der Waals surface area contributed by atoms with Gasteiger partial charge in [-0.1, -0.05) is 54.6 Å². The Hall–Kier alpha value is -3.64. The lowest BCUT2D eigenvalue weighted by atomic mass is 9.98. The lowest BCUT2D eigenvalue weighted by molar-refractivity contribution is -0.137. The molecule has 0 spiro atoms. The van der Waals surface area contributed by atoms with Crippen LogP contribution in [0.1, 0.15) is 11.1 Å². The molecule has 1 aromatic heterocycles. The van der Waals surface area contributed by atoms with E-state index in [4.69, 9.17) is 11.6 Å². The Labute approximate surface area is 192 Å². The summed E-state index contributed by atoms with van der Waals surface area (Å²) < 4.78 is 40.9. The van der Waals surface area contributed by atoms with E-state index in [1.165, 1.54) is 16.8 Å². The van der Waals surface area contributed by atoms with Crippen molar-refractivity contribution in [2.45, 2.75) is 12.6 Å². The number of benzene rings is 4. The molecule has 0 saturated heterocycles. The van der Waals surface area contributed by atoms with E-state index < -0.39 is 17.0 Å². The normalized spacial score (nSPS) is 11.9. The molecule has 0 atom stereocenters. The van der Waals surface area contributed by atoms with Crippen LogP contribution in [0.25, 0.3) is 38.5 Å². The van der Waals surface area contributed by atoms with Crippen LogP contribution in [0, 0.1) is 0 Å². The summed E-state index contributed by atoms with van der Waals surface area (Å²) in [6.07, 6.45) is -3.01. The molecule has 1 heterocycles. The molecule has 0 saturated carbocycles. The van der Waals surface area contributed by atoms with Crippen molar-refractivity contribution < 1.29 is 18.0 Å². The molecule has 5 aromatic rings. The van der Waals surface area contributed by atoms with Gasteiger partial charge in [-0.05, 0) is 57.4 Å². The minimum atomic E-state index is -4.47. The fourth-order valence-corrected chi connectivity index (χ4v) is 4.19. The average molecular weight is 465 g/mol. The van der Waals surface area contributed by atoms with Gasteiger partial charge in [-0.2, -0.15) is 18.3 Å². The second kappa shape index (κ2) is 8.05. The Bertz CT molecular complexity index is 1520. The molecule has 0 bridgehead atoms. The molecule has 0 aliphatic heterocycles. The van der Waals surface area contributed by atoms with Gasteiger partial charge in [-0.15, -0.1) is 0 Å². The number of hydrogen-bond acceptors (Lipinski definition) is 2. The maximum absolute atomic E-state index is 13.2. The van der Waals surface area contributed by atoms with Crippen LogP contribution >= 0.6 is 11.6 Å². The van der Waals surface area contributed by atoms with E-state index >= 15 is 0 Å². The van der Waals surface area contributed by atoms with Crippen molar-refractivity contribution >= 4 is 38.4 Å². The molecule has 7 heteroatoms.